The first kappa shape index (κ1) is 19.5. The topological polar surface area (TPSA) is 105 Å². The molecular weight excluding hydrogens is 397 g/mol. The number of carbonyl (C=O) groups is 1. The van der Waals surface area contributed by atoms with Gasteiger partial charge >= 0.3 is 5.97 Å². The summed E-state index contributed by atoms with van der Waals surface area (Å²) in [4.78, 5) is 20.6. The minimum absolute atomic E-state index is 0.201. The molecule has 0 unspecified atom stereocenters. The highest BCUT2D eigenvalue weighted by atomic mass is 32.1. The van der Waals surface area contributed by atoms with Crippen molar-refractivity contribution < 1.29 is 24.1 Å². The zero-order valence-electron chi connectivity index (χ0n) is 15.7. The highest BCUT2D eigenvalue weighted by molar-refractivity contribution is 7.20. The molecule has 3 aromatic rings. The Labute approximate surface area is 170 Å². The van der Waals surface area contributed by atoms with E-state index in [-0.39, 0.29) is 11.0 Å². The molecule has 9 heteroatoms. The third kappa shape index (κ3) is 4.01. The van der Waals surface area contributed by atoms with E-state index < -0.39 is 17.9 Å². The maximum atomic E-state index is 13.9. The Kier molecular flexibility index (Phi) is 5.33. The molecule has 0 spiro atoms. The van der Waals surface area contributed by atoms with Crippen molar-refractivity contribution >= 4 is 39.0 Å². The molecule has 2 heterocycles. The van der Waals surface area contributed by atoms with Crippen molar-refractivity contribution in [3.8, 4) is 5.75 Å². The van der Waals surface area contributed by atoms with Crippen molar-refractivity contribution in [3.63, 3.8) is 0 Å². The maximum Gasteiger partial charge on any atom is 0.346 e. The first-order valence-electron chi connectivity index (χ1n) is 9.31. The number of halogens is 1. The number of hydrogen-bond donors (Lipinski definition) is 3. The quantitative estimate of drug-likeness (QED) is 0.570. The lowest BCUT2D eigenvalue weighted by Crippen LogP contribution is -2.28. The number of nitrogens with one attached hydrogen (secondary N) is 1. The van der Waals surface area contributed by atoms with Crippen LogP contribution in [0.5, 0.6) is 5.75 Å². The van der Waals surface area contributed by atoms with Crippen LogP contribution in [0.25, 0.3) is 10.2 Å². The van der Waals surface area contributed by atoms with Gasteiger partial charge in [-0.1, -0.05) is 0 Å². The molecule has 0 aliphatic heterocycles. The summed E-state index contributed by atoms with van der Waals surface area (Å²) in [5.41, 5.74) is 1.08. The number of fused-ring (bicyclic) bond motifs is 1. The number of aryl methyl sites for hydroxylation is 1. The molecule has 0 bridgehead atoms. The molecule has 2 aromatic heterocycles. The lowest BCUT2D eigenvalue weighted by atomic mass is 9.95. The lowest BCUT2D eigenvalue weighted by molar-refractivity contribution is 0.0538. The number of aliphatic hydroxyl groups is 1. The summed E-state index contributed by atoms with van der Waals surface area (Å²) in [7, 11) is 0. The number of carboxylic acids is 1. The maximum absolute atomic E-state index is 13.9. The molecule has 4 rings (SSSR count). The average molecular weight is 417 g/mol. The number of carboxylic acid groups (broad SMARTS) is 1. The number of ether oxygens (including phenoxy) is 1. The van der Waals surface area contributed by atoms with Crippen LogP contribution < -0.4 is 10.1 Å². The van der Waals surface area contributed by atoms with E-state index in [0.29, 0.717) is 39.5 Å². The smallest absolute Gasteiger partial charge is 0.346 e. The van der Waals surface area contributed by atoms with Gasteiger partial charge in [-0.2, -0.15) is 0 Å². The van der Waals surface area contributed by atoms with Gasteiger partial charge in [-0.25, -0.2) is 19.2 Å². The van der Waals surface area contributed by atoms with Crippen LogP contribution in [0.2, 0.25) is 0 Å². The third-order valence-electron chi connectivity index (χ3n) is 5.01. The summed E-state index contributed by atoms with van der Waals surface area (Å²) in [6.07, 6.45) is 3.62. The fourth-order valence-corrected chi connectivity index (χ4v) is 4.59. The van der Waals surface area contributed by atoms with Crippen LogP contribution >= 0.6 is 11.3 Å². The third-order valence-corrected chi connectivity index (χ3v) is 6.20. The van der Waals surface area contributed by atoms with Crippen LogP contribution in [0.15, 0.2) is 24.5 Å². The Bertz CT molecular complexity index is 1070. The second kappa shape index (κ2) is 7.92. The molecule has 0 amide bonds. The van der Waals surface area contributed by atoms with E-state index >= 15 is 0 Å². The number of rotatable bonds is 5. The monoisotopic (exact) mass is 417 g/mol. The van der Waals surface area contributed by atoms with Gasteiger partial charge in [0, 0.05) is 12.5 Å². The van der Waals surface area contributed by atoms with Gasteiger partial charge in [0.25, 0.3) is 0 Å². The van der Waals surface area contributed by atoms with E-state index in [1.807, 2.05) is 0 Å². The average Bonchev–Trinajstić information content (AvgIpc) is 3.02. The van der Waals surface area contributed by atoms with E-state index in [2.05, 4.69) is 15.3 Å². The Morgan fingerprint density at radius 1 is 1.34 bits per heavy atom. The molecule has 1 aromatic carbocycles. The summed E-state index contributed by atoms with van der Waals surface area (Å²) < 4.78 is 19.9. The van der Waals surface area contributed by atoms with Crippen molar-refractivity contribution in [1.29, 1.82) is 0 Å². The van der Waals surface area contributed by atoms with Crippen molar-refractivity contribution in [2.75, 3.05) is 5.32 Å². The molecule has 1 aliphatic rings. The number of nitrogens with zero attached hydrogens (tertiary/aromatic N) is 2. The van der Waals surface area contributed by atoms with Crippen LogP contribution in [-0.4, -0.2) is 38.4 Å². The second-order valence-electron chi connectivity index (χ2n) is 7.09. The van der Waals surface area contributed by atoms with E-state index in [1.54, 1.807) is 13.0 Å². The minimum Gasteiger partial charge on any atom is -0.488 e. The predicted octanol–water partition coefficient (Wildman–Crippen LogP) is 4.26. The molecule has 0 saturated heterocycles. The van der Waals surface area contributed by atoms with Gasteiger partial charge in [-0.3, -0.25) is 0 Å². The number of aromatic carboxylic acids is 1. The van der Waals surface area contributed by atoms with Gasteiger partial charge in [-0.15, -0.1) is 11.3 Å². The fourth-order valence-electron chi connectivity index (χ4n) is 3.60. The van der Waals surface area contributed by atoms with E-state index in [9.17, 15) is 19.4 Å². The molecular formula is C20H20FN3O4S. The largest absolute Gasteiger partial charge is 0.488 e. The van der Waals surface area contributed by atoms with E-state index in [0.717, 1.165) is 30.6 Å². The first-order valence-corrected chi connectivity index (χ1v) is 10.1. The van der Waals surface area contributed by atoms with Crippen LogP contribution in [0.3, 0.4) is 0 Å². The minimum atomic E-state index is -1.02. The normalized spacial score (nSPS) is 19.3. The van der Waals surface area contributed by atoms with Gasteiger partial charge in [0.15, 0.2) is 0 Å². The van der Waals surface area contributed by atoms with Crippen LogP contribution in [0.1, 0.15) is 40.9 Å². The Balaban J connectivity index is 1.69. The molecule has 1 saturated carbocycles. The second-order valence-corrected chi connectivity index (χ2v) is 8.09. The molecule has 2 atom stereocenters. The zero-order chi connectivity index (χ0) is 20.5. The highest BCUT2D eigenvalue weighted by Crippen LogP contribution is 2.37. The van der Waals surface area contributed by atoms with Gasteiger partial charge in [0.2, 0.25) is 0 Å². The first-order chi connectivity index (χ1) is 13.9. The lowest BCUT2D eigenvalue weighted by Gasteiger charge is -2.27. The van der Waals surface area contributed by atoms with Crippen LogP contribution in [-0.2, 0) is 0 Å². The summed E-state index contributed by atoms with van der Waals surface area (Å²) in [6.45, 7) is 1.71. The molecule has 7 nitrogen and oxygen atoms in total. The summed E-state index contributed by atoms with van der Waals surface area (Å²) in [5.74, 6) is -0.702. The SMILES string of the molecule is Cc1c(C(=O)O)sc2ncnc(Nc3ccc(F)cc3O[C@H]3CCC[C@@H](O)C3)c12. The Hall–Kier alpha value is -2.78. The van der Waals surface area contributed by atoms with Crippen molar-refractivity contribution in [3.05, 3.63) is 40.8 Å². The summed E-state index contributed by atoms with van der Waals surface area (Å²) >= 11 is 1.08. The summed E-state index contributed by atoms with van der Waals surface area (Å²) in [5, 5.41) is 23.0. The van der Waals surface area contributed by atoms with Crippen LogP contribution in [0.4, 0.5) is 15.9 Å². The molecule has 3 N–H and O–H groups in total. The van der Waals surface area contributed by atoms with Crippen molar-refractivity contribution in [2.24, 2.45) is 0 Å². The van der Waals surface area contributed by atoms with E-state index in [4.69, 9.17) is 4.74 Å². The van der Waals surface area contributed by atoms with Gasteiger partial charge in [0.05, 0.1) is 17.2 Å². The van der Waals surface area contributed by atoms with Gasteiger partial charge in [0.1, 0.15) is 39.5 Å². The molecule has 1 fully saturated rings. The number of anilines is 2. The molecule has 0 radical (unpaired) electrons. The number of aromatic nitrogens is 2. The summed E-state index contributed by atoms with van der Waals surface area (Å²) in [6, 6.07) is 4.16. The Morgan fingerprint density at radius 3 is 2.93 bits per heavy atom. The Morgan fingerprint density at radius 2 is 2.17 bits per heavy atom. The molecule has 152 valence electrons. The van der Waals surface area contributed by atoms with Crippen molar-refractivity contribution in [2.45, 2.75) is 44.8 Å². The van der Waals surface area contributed by atoms with Gasteiger partial charge in [-0.05, 0) is 43.9 Å². The number of benzene rings is 1. The number of thiophene rings is 1. The van der Waals surface area contributed by atoms with E-state index in [1.165, 1.54) is 18.5 Å². The fraction of sp³-hybridized carbons (Fsp3) is 0.350. The molecule has 1 aliphatic carbocycles. The van der Waals surface area contributed by atoms with Gasteiger partial charge < -0.3 is 20.3 Å². The predicted molar refractivity (Wildman–Crippen MR) is 108 cm³/mol. The number of hydrogen-bond acceptors (Lipinski definition) is 7. The van der Waals surface area contributed by atoms with Crippen molar-refractivity contribution in [1.82, 2.24) is 9.97 Å². The van der Waals surface area contributed by atoms with Crippen LogP contribution in [0, 0.1) is 12.7 Å². The number of aliphatic hydroxyl groups excluding tert-OH is 1. The molecule has 29 heavy (non-hydrogen) atoms. The highest BCUT2D eigenvalue weighted by Gasteiger charge is 2.23. The zero-order valence-corrected chi connectivity index (χ0v) is 16.5. The standard InChI is InChI=1S/C20H20FN3O4S/c1-10-16-18(22-9-23-19(16)29-17(10)20(26)27)24-14-6-5-11(21)7-15(14)28-13-4-2-3-12(25)8-13/h5-7,9,12-13,25H,2-4,8H2,1H3,(H,26,27)(H,22,23,24)/t12-,13+/m1/s1.